The smallest absolute Gasteiger partial charge is 0.263 e. The fourth-order valence-corrected chi connectivity index (χ4v) is 3.70. The van der Waals surface area contributed by atoms with Gasteiger partial charge in [0.05, 0.1) is 10.2 Å². The molecule has 3 heterocycles. The van der Waals surface area contributed by atoms with Crippen LogP contribution in [0.2, 0.25) is 0 Å². The number of aromatic nitrogens is 4. The van der Waals surface area contributed by atoms with Gasteiger partial charge in [-0.1, -0.05) is 23.5 Å². The Hall–Kier alpha value is -3.71. The highest BCUT2D eigenvalue weighted by Crippen LogP contribution is 2.30. The highest BCUT2D eigenvalue weighted by atomic mass is 32.1. The van der Waals surface area contributed by atoms with Gasteiger partial charge in [0, 0.05) is 30.5 Å². The molecule has 0 spiro atoms. The van der Waals surface area contributed by atoms with Crippen molar-refractivity contribution in [3.63, 3.8) is 0 Å². The molecule has 0 atom stereocenters. The molecule has 3 aromatic heterocycles. The molecule has 1 N–H and O–H groups in total. The van der Waals surface area contributed by atoms with Gasteiger partial charge in [0.2, 0.25) is 5.82 Å². The third kappa shape index (κ3) is 3.30. The van der Waals surface area contributed by atoms with Crippen molar-refractivity contribution >= 4 is 32.4 Å². The fourth-order valence-electron chi connectivity index (χ4n) is 2.81. The maximum atomic E-state index is 5.95. The summed E-state index contributed by atoms with van der Waals surface area (Å²) in [7, 11) is 0. The molecule has 0 aliphatic carbocycles. The Kier molecular flexibility index (Phi) is 4.19. The Morgan fingerprint density at radius 2 is 1.64 bits per heavy atom. The topological polar surface area (TPSA) is 64.9 Å². The molecule has 0 radical (unpaired) electrons. The summed E-state index contributed by atoms with van der Waals surface area (Å²) in [5, 5.41) is 4.20. The minimum atomic E-state index is 0.450. The van der Waals surface area contributed by atoms with E-state index in [1.54, 1.807) is 23.7 Å². The molecule has 0 unspecified atom stereocenters. The Balaban J connectivity index is 1.35. The van der Waals surface area contributed by atoms with Crippen molar-refractivity contribution in [2.75, 3.05) is 5.32 Å². The van der Waals surface area contributed by atoms with Gasteiger partial charge in [-0.2, -0.15) is 0 Å². The maximum absolute atomic E-state index is 5.95. The molecule has 0 saturated heterocycles. The van der Waals surface area contributed by atoms with E-state index in [1.165, 1.54) is 0 Å². The number of nitrogens with one attached hydrogen (secondary N) is 1. The lowest BCUT2D eigenvalue weighted by atomic mass is 10.3. The van der Waals surface area contributed by atoms with Crippen LogP contribution >= 0.6 is 11.3 Å². The molecule has 6 nitrogen and oxygen atoms in total. The van der Waals surface area contributed by atoms with E-state index in [1.807, 2.05) is 71.6 Å². The van der Waals surface area contributed by atoms with E-state index in [-0.39, 0.29) is 0 Å². The normalized spacial score (nSPS) is 10.9. The van der Waals surface area contributed by atoms with E-state index in [0.717, 1.165) is 21.0 Å². The van der Waals surface area contributed by atoms with Crippen LogP contribution in [-0.2, 0) is 0 Å². The van der Waals surface area contributed by atoms with Gasteiger partial charge in [-0.05, 0) is 48.5 Å². The van der Waals surface area contributed by atoms with Gasteiger partial charge in [0.25, 0.3) is 5.88 Å². The van der Waals surface area contributed by atoms with Crippen molar-refractivity contribution in [1.82, 2.24) is 19.5 Å². The van der Waals surface area contributed by atoms with Gasteiger partial charge in [-0.3, -0.25) is 0 Å². The van der Waals surface area contributed by atoms with Crippen molar-refractivity contribution in [3.05, 3.63) is 85.5 Å². The summed E-state index contributed by atoms with van der Waals surface area (Å²) in [6.07, 6.45) is 7.07. The van der Waals surface area contributed by atoms with Crippen LogP contribution < -0.4 is 10.1 Å². The number of thiazole rings is 1. The number of hydrogen-bond donors (Lipinski definition) is 1. The van der Waals surface area contributed by atoms with Crippen LogP contribution in [-0.4, -0.2) is 19.5 Å². The largest absolute Gasteiger partial charge is 0.436 e. The van der Waals surface area contributed by atoms with Crippen LogP contribution in [0.3, 0.4) is 0 Å². The van der Waals surface area contributed by atoms with Crippen molar-refractivity contribution in [1.29, 1.82) is 0 Å². The number of anilines is 2. The number of rotatable bonds is 5. The molecule has 136 valence electrons. The van der Waals surface area contributed by atoms with Gasteiger partial charge in [-0.15, -0.1) is 0 Å². The average molecular weight is 385 g/mol. The number of para-hydroxylation sites is 1. The molecule has 5 rings (SSSR count). The summed E-state index contributed by atoms with van der Waals surface area (Å²) in [4.78, 5) is 13.3. The van der Waals surface area contributed by atoms with Crippen LogP contribution in [0.15, 0.2) is 85.5 Å². The minimum Gasteiger partial charge on any atom is -0.436 e. The fraction of sp³-hybridized carbons (Fsp3) is 0. The zero-order chi connectivity index (χ0) is 18.8. The summed E-state index contributed by atoms with van der Waals surface area (Å²) in [5.41, 5.74) is 1.94. The number of fused-ring (bicyclic) bond motifs is 1. The highest BCUT2D eigenvalue weighted by Gasteiger charge is 2.09. The zero-order valence-corrected chi connectivity index (χ0v) is 15.5. The van der Waals surface area contributed by atoms with Crippen molar-refractivity contribution in [3.8, 4) is 17.4 Å². The monoisotopic (exact) mass is 385 g/mol. The number of ether oxygens (including phenoxy) is 1. The standard InChI is InChI=1S/C21H15N5OS/c1-2-6-18-17(5-1)25-21(28-18)24-15-7-9-16(10-8-15)27-20-19(22-11-12-23-20)26-13-3-4-14-26/h1-14H,(H,24,25). The molecule has 0 aliphatic rings. The molecular formula is C21H15N5OS. The van der Waals surface area contributed by atoms with Crippen LogP contribution in [0.25, 0.3) is 16.0 Å². The lowest BCUT2D eigenvalue weighted by Gasteiger charge is -2.10. The summed E-state index contributed by atoms with van der Waals surface area (Å²) in [6, 6.07) is 19.6. The SMILES string of the molecule is c1ccc2sc(Nc3ccc(Oc4nccnc4-n4cccc4)cc3)nc2c1. The second-order valence-corrected chi connectivity index (χ2v) is 7.04. The average Bonchev–Trinajstić information content (AvgIpc) is 3.39. The van der Waals surface area contributed by atoms with Crippen molar-refractivity contribution < 1.29 is 4.74 Å². The summed E-state index contributed by atoms with van der Waals surface area (Å²) >= 11 is 1.62. The number of nitrogens with zero attached hydrogens (tertiary/aromatic N) is 4. The first kappa shape index (κ1) is 16.5. The zero-order valence-electron chi connectivity index (χ0n) is 14.7. The van der Waals surface area contributed by atoms with Crippen molar-refractivity contribution in [2.24, 2.45) is 0 Å². The van der Waals surface area contributed by atoms with Crippen LogP contribution in [0.4, 0.5) is 10.8 Å². The van der Waals surface area contributed by atoms with E-state index in [0.29, 0.717) is 17.4 Å². The summed E-state index contributed by atoms with van der Waals surface area (Å²) in [5.74, 6) is 1.78. The molecule has 0 amide bonds. The van der Waals surface area contributed by atoms with Crippen molar-refractivity contribution in [2.45, 2.75) is 0 Å². The Labute approximate surface area is 165 Å². The molecule has 0 aliphatic heterocycles. The van der Waals surface area contributed by atoms with Crippen LogP contribution in [0, 0.1) is 0 Å². The molecule has 0 fully saturated rings. The van der Waals surface area contributed by atoms with E-state index in [4.69, 9.17) is 4.74 Å². The third-order valence-electron chi connectivity index (χ3n) is 4.11. The quantitative estimate of drug-likeness (QED) is 0.438. The lowest BCUT2D eigenvalue weighted by molar-refractivity contribution is 0.457. The predicted octanol–water partition coefficient (Wildman–Crippen LogP) is 5.41. The summed E-state index contributed by atoms with van der Waals surface area (Å²) in [6.45, 7) is 0. The first-order chi connectivity index (χ1) is 13.8. The molecule has 0 saturated carbocycles. The van der Waals surface area contributed by atoms with Gasteiger partial charge < -0.3 is 14.6 Å². The highest BCUT2D eigenvalue weighted by molar-refractivity contribution is 7.22. The Morgan fingerprint density at radius 1 is 0.857 bits per heavy atom. The third-order valence-corrected chi connectivity index (χ3v) is 5.06. The second kappa shape index (κ2) is 7.13. The van der Waals surface area contributed by atoms with Gasteiger partial charge in [-0.25, -0.2) is 15.0 Å². The van der Waals surface area contributed by atoms with Gasteiger partial charge in [0.15, 0.2) is 5.13 Å². The molecule has 2 aromatic carbocycles. The summed E-state index contributed by atoms with van der Waals surface area (Å²) < 4.78 is 8.98. The Morgan fingerprint density at radius 3 is 2.46 bits per heavy atom. The van der Waals surface area contributed by atoms with Gasteiger partial charge >= 0.3 is 0 Å². The van der Waals surface area contributed by atoms with E-state index >= 15 is 0 Å². The van der Waals surface area contributed by atoms with Crippen LogP contribution in [0.1, 0.15) is 0 Å². The van der Waals surface area contributed by atoms with E-state index < -0.39 is 0 Å². The van der Waals surface area contributed by atoms with Crippen LogP contribution in [0.5, 0.6) is 11.6 Å². The second-order valence-electron chi connectivity index (χ2n) is 6.01. The minimum absolute atomic E-state index is 0.450. The van der Waals surface area contributed by atoms with E-state index in [9.17, 15) is 0 Å². The number of benzene rings is 2. The molecular weight excluding hydrogens is 370 g/mol. The molecule has 5 aromatic rings. The molecule has 7 heteroatoms. The van der Waals surface area contributed by atoms with Gasteiger partial charge in [0.1, 0.15) is 5.75 Å². The number of hydrogen-bond acceptors (Lipinski definition) is 6. The van der Waals surface area contributed by atoms with E-state index in [2.05, 4.69) is 26.3 Å². The first-order valence-electron chi connectivity index (χ1n) is 8.70. The molecule has 28 heavy (non-hydrogen) atoms. The predicted molar refractivity (Wildman–Crippen MR) is 111 cm³/mol. The maximum Gasteiger partial charge on any atom is 0.263 e. The Bertz CT molecular complexity index is 1180. The molecule has 0 bridgehead atoms. The lowest BCUT2D eigenvalue weighted by Crippen LogP contribution is -2.00. The first-order valence-corrected chi connectivity index (χ1v) is 9.52.